The Morgan fingerprint density at radius 3 is 1.73 bits per heavy atom. The summed E-state index contributed by atoms with van der Waals surface area (Å²) in [4.78, 5) is 0. The van der Waals surface area contributed by atoms with Crippen LogP contribution in [0, 0.1) is 0 Å². The van der Waals surface area contributed by atoms with Gasteiger partial charge < -0.3 is 8.83 Å². The van der Waals surface area contributed by atoms with E-state index < -0.39 is 5.41 Å². The van der Waals surface area contributed by atoms with E-state index in [-0.39, 0.29) is 0 Å². The number of furan rings is 2. The maximum atomic E-state index is 6.57. The van der Waals surface area contributed by atoms with Gasteiger partial charge in [-0.15, -0.1) is 0 Å². The fourth-order valence-corrected chi connectivity index (χ4v) is 10.3. The second-order valence-corrected chi connectivity index (χ2v) is 16.0. The first-order valence-electron chi connectivity index (χ1n) is 20.3. The van der Waals surface area contributed by atoms with Gasteiger partial charge >= 0.3 is 0 Å². The van der Waals surface area contributed by atoms with Gasteiger partial charge in [-0.2, -0.15) is 0 Å². The smallest absolute Gasteiger partial charge is 0.136 e. The summed E-state index contributed by atoms with van der Waals surface area (Å²) < 4.78 is 12.8. The van der Waals surface area contributed by atoms with Crippen molar-refractivity contribution in [3.05, 3.63) is 229 Å². The third kappa shape index (κ3) is 4.57. The monoisotopic (exact) mass is 750 g/mol. The van der Waals surface area contributed by atoms with Crippen LogP contribution in [0.5, 0.6) is 0 Å². The Hall–Kier alpha value is -7.68. The highest BCUT2D eigenvalue weighted by molar-refractivity contribution is 6.16. The lowest BCUT2D eigenvalue weighted by atomic mass is 9.67. The summed E-state index contributed by atoms with van der Waals surface area (Å²) >= 11 is 0. The van der Waals surface area contributed by atoms with E-state index in [1.807, 2.05) is 12.1 Å². The maximum Gasteiger partial charge on any atom is 0.136 e. The highest BCUT2D eigenvalue weighted by atomic mass is 16.3. The third-order valence-electron chi connectivity index (χ3n) is 12.9. The van der Waals surface area contributed by atoms with Crippen molar-refractivity contribution in [3.63, 3.8) is 0 Å². The van der Waals surface area contributed by atoms with Gasteiger partial charge in [0.05, 0.1) is 5.41 Å². The molecular formula is C57H34O2. The van der Waals surface area contributed by atoms with Crippen molar-refractivity contribution >= 4 is 65.4 Å². The molecular weight excluding hydrogens is 717 g/mol. The molecule has 0 fully saturated rings. The van der Waals surface area contributed by atoms with Crippen LogP contribution >= 0.6 is 0 Å². The van der Waals surface area contributed by atoms with Gasteiger partial charge in [-0.25, -0.2) is 0 Å². The van der Waals surface area contributed by atoms with E-state index in [0.29, 0.717) is 0 Å². The molecule has 274 valence electrons. The van der Waals surface area contributed by atoms with E-state index in [1.54, 1.807) is 0 Å². The van der Waals surface area contributed by atoms with Gasteiger partial charge in [-0.1, -0.05) is 152 Å². The quantitative estimate of drug-likeness (QED) is 0.179. The summed E-state index contributed by atoms with van der Waals surface area (Å²) in [5.74, 6) is 0. The third-order valence-corrected chi connectivity index (χ3v) is 12.9. The highest BCUT2D eigenvalue weighted by Crippen LogP contribution is 2.58. The van der Waals surface area contributed by atoms with Crippen molar-refractivity contribution in [1.82, 2.24) is 0 Å². The van der Waals surface area contributed by atoms with Crippen molar-refractivity contribution in [1.29, 1.82) is 0 Å². The molecule has 0 amide bonds. The molecule has 0 bridgehead atoms. The first-order chi connectivity index (χ1) is 29.2. The standard InChI is InChI=1S/C57H34O2/c1-3-16-40(17-4-1)57(41-18-5-2-6-19-41)50-32-39(43-22-12-24-54-56(43)49-29-35-13-7-8-14-36(35)33-55(49)59-54)25-27-44(50)47-30-37-15-11-21-42(46(37)34-51(47)57)38-26-28-53-48(31-38)45-20-9-10-23-52(45)58-53/h1-34H. The van der Waals surface area contributed by atoms with Gasteiger partial charge in [0.15, 0.2) is 0 Å². The summed E-state index contributed by atoms with van der Waals surface area (Å²) in [5, 5.41) is 9.37. The number of hydrogen-bond acceptors (Lipinski definition) is 2. The van der Waals surface area contributed by atoms with Gasteiger partial charge in [0.25, 0.3) is 0 Å². The second-order valence-electron chi connectivity index (χ2n) is 16.0. The van der Waals surface area contributed by atoms with Crippen LogP contribution in [-0.4, -0.2) is 0 Å². The zero-order valence-corrected chi connectivity index (χ0v) is 31.9. The lowest BCUT2D eigenvalue weighted by Crippen LogP contribution is -2.28. The summed E-state index contributed by atoms with van der Waals surface area (Å²) in [5.41, 5.74) is 15.3. The van der Waals surface area contributed by atoms with E-state index in [4.69, 9.17) is 8.83 Å². The highest BCUT2D eigenvalue weighted by Gasteiger charge is 2.46. The van der Waals surface area contributed by atoms with Crippen LogP contribution in [0.15, 0.2) is 215 Å². The minimum Gasteiger partial charge on any atom is -0.456 e. The Bertz CT molecular complexity index is 3620. The lowest BCUT2D eigenvalue weighted by Gasteiger charge is -2.34. The molecule has 0 N–H and O–H groups in total. The van der Waals surface area contributed by atoms with Gasteiger partial charge in [-0.05, 0) is 132 Å². The Kier molecular flexibility index (Phi) is 6.68. The number of hydrogen-bond donors (Lipinski definition) is 0. The second kappa shape index (κ2) is 12.2. The van der Waals surface area contributed by atoms with E-state index in [2.05, 4.69) is 194 Å². The van der Waals surface area contributed by atoms with Crippen LogP contribution < -0.4 is 0 Å². The number of fused-ring (bicyclic) bond motifs is 11. The Morgan fingerprint density at radius 2 is 0.898 bits per heavy atom. The number of rotatable bonds is 4. The Balaban J connectivity index is 1.09. The molecule has 2 heteroatoms. The topological polar surface area (TPSA) is 26.3 Å². The van der Waals surface area contributed by atoms with Crippen LogP contribution in [-0.2, 0) is 5.41 Å². The first kappa shape index (κ1) is 32.4. The van der Waals surface area contributed by atoms with Crippen molar-refractivity contribution in [2.45, 2.75) is 5.41 Å². The van der Waals surface area contributed by atoms with Gasteiger partial charge in [0.1, 0.15) is 22.3 Å². The van der Waals surface area contributed by atoms with Gasteiger partial charge in [0, 0.05) is 21.5 Å². The zero-order valence-electron chi connectivity index (χ0n) is 31.9. The predicted octanol–water partition coefficient (Wildman–Crippen LogP) is 15.5. The molecule has 12 aromatic rings. The molecule has 10 aromatic carbocycles. The minimum absolute atomic E-state index is 0.586. The van der Waals surface area contributed by atoms with E-state index in [0.717, 1.165) is 43.9 Å². The first-order valence-corrected chi connectivity index (χ1v) is 20.3. The molecule has 0 radical (unpaired) electrons. The van der Waals surface area contributed by atoms with Crippen LogP contribution in [0.4, 0.5) is 0 Å². The summed E-state index contributed by atoms with van der Waals surface area (Å²) in [6.07, 6.45) is 0. The molecule has 0 spiro atoms. The van der Waals surface area contributed by atoms with Crippen LogP contribution in [0.25, 0.3) is 98.8 Å². The molecule has 1 aliphatic carbocycles. The van der Waals surface area contributed by atoms with Crippen LogP contribution in [0.2, 0.25) is 0 Å². The lowest BCUT2D eigenvalue weighted by molar-refractivity contribution is 0.669. The van der Waals surface area contributed by atoms with Crippen LogP contribution in [0.1, 0.15) is 22.3 Å². The number of para-hydroxylation sites is 1. The van der Waals surface area contributed by atoms with Crippen molar-refractivity contribution in [3.8, 4) is 33.4 Å². The molecule has 59 heavy (non-hydrogen) atoms. The zero-order chi connectivity index (χ0) is 38.7. The van der Waals surface area contributed by atoms with Crippen molar-refractivity contribution in [2.75, 3.05) is 0 Å². The Morgan fingerprint density at radius 1 is 0.288 bits per heavy atom. The fraction of sp³-hybridized carbons (Fsp3) is 0.0175. The van der Waals surface area contributed by atoms with E-state index in [9.17, 15) is 0 Å². The average Bonchev–Trinajstić information content (AvgIpc) is 3.95. The molecule has 13 rings (SSSR count). The molecule has 0 saturated heterocycles. The summed E-state index contributed by atoms with van der Waals surface area (Å²) in [6, 6.07) is 75.4. The van der Waals surface area contributed by atoms with Gasteiger partial charge in [0.2, 0.25) is 0 Å². The van der Waals surface area contributed by atoms with Gasteiger partial charge in [-0.3, -0.25) is 0 Å². The maximum absolute atomic E-state index is 6.57. The largest absolute Gasteiger partial charge is 0.456 e. The van der Waals surface area contributed by atoms with Crippen LogP contribution in [0.3, 0.4) is 0 Å². The van der Waals surface area contributed by atoms with Crippen molar-refractivity contribution < 1.29 is 8.83 Å². The summed E-state index contributed by atoms with van der Waals surface area (Å²) in [7, 11) is 0. The molecule has 2 heterocycles. The normalized spacial score (nSPS) is 13.2. The number of benzene rings is 10. The Labute approximate surface area is 340 Å². The molecule has 1 aliphatic rings. The summed E-state index contributed by atoms with van der Waals surface area (Å²) in [6.45, 7) is 0. The molecule has 0 unspecified atom stereocenters. The molecule has 2 nitrogen and oxygen atoms in total. The average molecular weight is 751 g/mol. The van der Waals surface area contributed by atoms with E-state index in [1.165, 1.54) is 77.2 Å². The fourth-order valence-electron chi connectivity index (χ4n) is 10.3. The SMILES string of the molecule is c1ccc(C2(c3ccccc3)c3cc(-c4cccc5oc6cc7ccccc7cc6c45)ccc3-c3cc4cccc(-c5ccc6oc7ccccc7c6c5)c4cc32)cc1. The van der Waals surface area contributed by atoms with E-state index >= 15 is 0 Å². The molecule has 0 saturated carbocycles. The molecule has 0 aliphatic heterocycles. The molecule has 0 atom stereocenters. The minimum atomic E-state index is -0.586. The van der Waals surface area contributed by atoms with Crippen molar-refractivity contribution in [2.24, 2.45) is 0 Å². The molecule has 2 aromatic heterocycles. The predicted molar refractivity (Wildman–Crippen MR) is 244 cm³/mol.